The second-order valence-corrected chi connectivity index (χ2v) is 4.08. The van der Waals surface area contributed by atoms with Gasteiger partial charge in [-0.1, -0.05) is 6.08 Å². The Morgan fingerprint density at radius 2 is 2.00 bits per heavy atom. The van der Waals surface area contributed by atoms with Crippen molar-refractivity contribution in [3.63, 3.8) is 0 Å². The molecule has 0 radical (unpaired) electrons. The van der Waals surface area contributed by atoms with E-state index < -0.39 is 0 Å². The molecular weight excluding hydrogens is 214 g/mol. The fraction of sp³-hybridized carbons (Fsp3) is 0.429. The van der Waals surface area contributed by atoms with Gasteiger partial charge in [0.2, 0.25) is 0 Å². The molecule has 17 heavy (non-hydrogen) atoms. The fourth-order valence-corrected chi connectivity index (χ4v) is 2.11. The minimum absolute atomic E-state index is 0.874. The predicted octanol–water partition coefficient (Wildman–Crippen LogP) is 2.47. The minimum Gasteiger partial charge on any atom is -0.497 e. The van der Waals surface area contributed by atoms with Crippen molar-refractivity contribution in [2.75, 3.05) is 27.3 Å². The highest BCUT2D eigenvalue weighted by Gasteiger charge is 2.11. The summed E-state index contributed by atoms with van der Waals surface area (Å²) in [6, 6.07) is 5.95. The lowest BCUT2D eigenvalue weighted by Crippen LogP contribution is -2.13. The van der Waals surface area contributed by atoms with Crippen LogP contribution in [-0.4, -0.2) is 27.3 Å². The van der Waals surface area contributed by atoms with E-state index in [4.69, 9.17) is 9.47 Å². The predicted molar refractivity (Wildman–Crippen MR) is 69.6 cm³/mol. The van der Waals surface area contributed by atoms with Crippen LogP contribution >= 0.6 is 0 Å². The Balaban J connectivity index is 2.36. The van der Waals surface area contributed by atoms with Gasteiger partial charge in [-0.25, -0.2) is 0 Å². The first-order valence-electron chi connectivity index (χ1n) is 5.97. The molecule has 1 heterocycles. The molecule has 0 saturated heterocycles. The summed E-state index contributed by atoms with van der Waals surface area (Å²) in [5.74, 6) is 1.79. The molecule has 3 heteroatoms. The van der Waals surface area contributed by atoms with Gasteiger partial charge in [0, 0.05) is 5.56 Å². The van der Waals surface area contributed by atoms with Gasteiger partial charge in [-0.3, -0.25) is 0 Å². The van der Waals surface area contributed by atoms with Crippen LogP contribution in [0.4, 0.5) is 0 Å². The first-order chi connectivity index (χ1) is 8.35. The van der Waals surface area contributed by atoms with E-state index in [0.717, 1.165) is 43.0 Å². The number of hydrogen-bond acceptors (Lipinski definition) is 3. The summed E-state index contributed by atoms with van der Waals surface area (Å²) in [4.78, 5) is 0. The van der Waals surface area contributed by atoms with Crippen molar-refractivity contribution >= 4 is 5.57 Å². The molecule has 0 aliphatic carbocycles. The first kappa shape index (κ1) is 12.0. The van der Waals surface area contributed by atoms with Gasteiger partial charge in [0.1, 0.15) is 11.5 Å². The summed E-state index contributed by atoms with van der Waals surface area (Å²) < 4.78 is 10.7. The lowest BCUT2D eigenvalue weighted by molar-refractivity contribution is 0.402. The maximum atomic E-state index is 5.42. The SMILES string of the molecule is COc1ccc(OC)c(C2=CCCNCC2)c1. The molecule has 0 fully saturated rings. The summed E-state index contributed by atoms with van der Waals surface area (Å²) in [6.07, 6.45) is 4.39. The lowest BCUT2D eigenvalue weighted by Gasteiger charge is -2.12. The highest BCUT2D eigenvalue weighted by atomic mass is 16.5. The molecular formula is C14H19NO2. The number of methoxy groups -OCH3 is 2. The zero-order valence-electron chi connectivity index (χ0n) is 10.5. The van der Waals surface area contributed by atoms with Crippen molar-refractivity contribution < 1.29 is 9.47 Å². The third-order valence-corrected chi connectivity index (χ3v) is 3.04. The number of hydrogen-bond donors (Lipinski definition) is 1. The van der Waals surface area contributed by atoms with E-state index in [1.165, 1.54) is 5.57 Å². The van der Waals surface area contributed by atoms with Crippen LogP contribution in [0.5, 0.6) is 11.5 Å². The number of rotatable bonds is 3. The number of nitrogens with one attached hydrogen (secondary N) is 1. The van der Waals surface area contributed by atoms with E-state index in [1.807, 2.05) is 12.1 Å². The standard InChI is InChI=1S/C14H19NO2/c1-16-12-5-6-14(17-2)13(10-12)11-4-3-8-15-9-7-11/h4-6,10,15H,3,7-9H2,1-2H3. The second-order valence-electron chi connectivity index (χ2n) is 4.08. The molecule has 0 unspecified atom stereocenters. The molecule has 92 valence electrons. The van der Waals surface area contributed by atoms with Gasteiger partial charge in [0.25, 0.3) is 0 Å². The van der Waals surface area contributed by atoms with Crippen molar-refractivity contribution in [1.29, 1.82) is 0 Å². The molecule has 0 atom stereocenters. The molecule has 1 aromatic carbocycles. The van der Waals surface area contributed by atoms with Crippen LogP contribution < -0.4 is 14.8 Å². The van der Waals surface area contributed by atoms with Crippen molar-refractivity contribution in [2.24, 2.45) is 0 Å². The molecule has 1 aliphatic heterocycles. The third-order valence-electron chi connectivity index (χ3n) is 3.04. The maximum absolute atomic E-state index is 5.42. The average molecular weight is 233 g/mol. The van der Waals surface area contributed by atoms with Crippen molar-refractivity contribution in [3.8, 4) is 11.5 Å². The number of ether oxygens (including phenoxy) is 2. The second kappa shape index (κ2) is 5.73. The van der Waals surface area contributed by atoms with Gasteiger partial charge in [0.15, 0.2) is 0 Å². The molecule has 0 spiro atoms. The summed E-state index contributed by atoms with van der Waals surface area (Å²) in [5.41, 5.74) is 2.49. The lowest BCUT2D eigenvalue weighted by atomic mass is 10.0. The van der Waals surface area contributed by atoms with Crippen LogP contribution in [0.2, 0.25) is 0 Å². The quantitative estimate of drug-likeness (QED) is 0.870. The summed E-state index contributed by atoms with van der Waals surface area (Å²) in [7, 11) is 3.40. The Hall–Kier alpha value is -1.48. The molecule has 1 aromatic rings. The van der Waals surface area contributed by atoms with Gasteiger partial charge in [-0.2, -0.15) is 0 Å². The van der Waals surface area contributed by atoms with Crippen LogP contribution in [0.15, 0.2) is 24.3 Å². The monoisotopic (exact) mass is 233 g/mol. The molecule has 2 rings (SSSR count). The van der Waals surface area contributed by atoms with E-state index in [2.05, 4.69) is 17.5 Å². The molecule has 0 saturated carbocycles. The van der Waals surface area contributed by atoms with Crippen LogP contribution in [0, 0.1) is 0 Å². The Labute approximate surface area is 102 Å². The van der Waals surface area contributed by atoms with Crippen LogP contribution in [0.25, 0.3) is 5.57 Å². The van der Waals surface area contributed by atoms with Gasteiger partial charge in [0.05, 0.1) is 14.2 Å². The first-order valence-corrected chi connectivity index (χ1v) is 5.97. The Bertz CT molecular complexity index is 413. The summed E-state index contributed by atoms with van der Waals surface area (Å²) >= 11 is 0. The molecule has 0 bridgehead atoms. The largest absolute Gasteiger partial charge is 0.497 e. The Morgan fingerprint density at radius 1 is 1.12 bits per heavy atom. The molecule has 1 N–H and O–H groups in total. The fourth-order valence-electron chi connectivity index (χ4n) is 2.11. The van der Waals surface area contributed by atoms with Gasteiger partial charge >= 0.3 is 0 Å². The van der Waals surface area contributed by atoms with Crippen LogP contribution in [0.3, 0.4) is 0 Å². The highest BCUT2D eigenvalue weighted by molar-refractivity contribution is 5.72. The van der Waals surface area contributed by atoms with Gasteiger partial charge in [-0.05, 0) is 49.7 Å². The normalized spacial score (nSPS) is 16.0. The molecule has 0 amide bonds. The Morgan fingerprint density at radius 3 is 2.76 bits per heavy atom. The molecule has 1 aliphatic rings. The molecule has 3 nitrogen and oxygen atoms in total. The van der Waals surface area contributed by atoms with Crippen molar-refractivity contribution in [3.05, 3.63) is 29.8 Å². The van der Waals surface area contributed by atoms with Crippen molar-refractivity contribution in [2.45, 2.75) is 12.8 Å². The van der Waals surface area contributed by atoms with E-state index in [-0.39, 0.29) is 0 Å². The topological polar surface area (TPSA) is 30.5 Å². The Kier molecular flexibility index (Phi) is 4.04. The van der Waals surface area contributed by atoms with Gasteiger partial charge in [-0.15, -0.1) is 0 Å². The maximum Gasteiger partial charge on any atom is 0.126 e. The smallest absolute Gasteiger partial charge is 0.126 e. The van der Waals surface area contributed by atoms with E-state index in [1.54, 1.807) is 14.2 Å². The highest BCUT2D eigenvalue weighted by Crippen LogP contribution is 2.32. The average Bonchev–Trinajstić information content (AvgIpc) is 2.66. The zero-order valence-corrected chi connectivity index (χ0v) is 10.5. The van der Waals surface area contributed by atoms with E-state index >= 15 is 0 Å². The van der Waals surface area contributed by atoms with Crippen LogP contribution in [-0.2, 0) is 0 Å². The van der Waals surface area contributed by atoms with Gasteiger partial charge < -0.3 is 14.8 Å². The molecule has 0 aromatic heterocycles. The summed E-state index contributed by atoms with van der Waals surface area (Å²) in [6.45, 7) is 2.07. The minimum atomic E-state index is 0.874. The van der Waals surface area contributed by atoms with Crippen molar-refractivity contribution in [1.82, 2.24) is 5.32 Å². The van der Waals surface area contributed by atoms with E-state index in [9.17, 15) is 0 Å². The van der Waals surface area contributed by atoms with Crippen LogP contribution in [0.1, 0.15) is 18.4 Å². The number of benzene rings is 1. The van der Waals surface area contributed by atoms with E-state index in [0.29, 0.717) is 0 Å². The third kappa shape index (κ3) is 2.80. The summed E-state index contributed by atoms with van der Waals surface area (Å²) in [5, 5.41) is 3.39. The zero-order chi connectivity index (χ0) is 12.1.